The molecule has 22 heavy (non-hydrogen) atoms. The monoisotopic (exact) mass is 336 g/mol. The predicted molar refractivity (Wildman–Crippen MR) is 84.5 cm³/mol. The van der Waals surface area contributed by atoms with Gasteiger partial charge in [-0.1, -0.05) is 29.3 Å². The summed E-state index contributed by atoms with van der Waals surface area (Å²) >= 11 is 11.7. The first-order valence-corrected chi connectivity index (χ1v) is 7.18. The van der Waals surface area contributed by atoms with Gasteiger partial charge >= 0.3 is 0 Å². The number of aryl methyl sites for hydroxylation is 1. The molecule has 0 bridgehead atoms. The average Bonchev–Trinajstić information content (AvgIpc) is 2.50. The van der Waals surface area contributed by atoms with E-state index in [4.69, 9.17) is 28.5 Å². The third-order valence-corrected chi connectivity index (χ3v) is 3.73. The van der Waals surface area contributed by atoms with Crippen molar-refractivity contribution < 1.29 is 9.18 Å². The summed E-state index contributed by atoms with van der Waals surface area (Å²) < 4.78 is 13.2. The fourth-order valence-corrected chi connectivity index (χ4v) is 2.19. The molecular weight excluding hydrogens is 326 g/mol. The van der Waals surface area contributed by atoms with Crippen LogP contribution in [0, 0.1) is 17.1 Å². The molecule has 0 heterocycles. The molecule has 1 amide bonds. The van der Waals surface area contributed by atoms with Crippen LogP contribution in [0.15, 0.2) is 36.4 Å². The zero-order chi connectivity index (χ0) is 16.1. The molecule has 2 aromatic rings. The normalized spacial score (nSPS) is 10.1. The van der Waals surface area contributed by atoms with Crippen LogP contribution in [0.1, 0.15) is 17.5 Å². The first-order chi connectivity index (χ1) is 10.5. The highest BCUT2D eigenvalue weighted by molar-refractivity contribution is 6.42. The molecule has 0 aliphatic rings. The van der Waals surface area contributed by atoms with Gasteiger partial charge in [0, 0.05) is 12.1 Å². The lowest BCUT2D eigenvalue weighted by atomic mass is 10.1. The molecule has 0 saturated heterocycles. The Balaban J connectivity index is 1.96. The summed E-state index contributed by atoms with van der Waals surface area (Å²) in [6.07, 6.45) is 0.728. The van der Waals surface area contributed by atoms with Crippen molar-refractivity contribution in [3.8, 4) is 6.07 Å². The van der Waals surface area contributed by atoms with Gasteiger partial charge in [0.25, 0.3) is 0 Å². The Bertz CT molecular complexity index is 756. The van der Waals surface area contributed by atoms with Gasteiger partial charge in [-0.2, -0.15) is 5.26 Å². The van der Waals surface area contributed by atoms with Gasteiger partial charge in [-0.3, -0.25) is 4.79 Å². The second kappa shape index (κ2) is 7.26. The van der Waals surface area contributed by atoms with Gasteiger partial charge in [-0.05, 0) is 42.3 Å². The van der Waals surface area contributed by atoms with Gasteiger partial charge < -0.3 is 5.32 Å². The molecule has 0 fully saturated rings. The van der Waals surface area contributed by atoms with Gasteiger partial charge in [-0.15, -0.1) is 0 Å². The maximum Gasteiger partial charge on any atom is 0.224 e. The molecule has 0 spiro atoms. The second-order valence-electron chi connectivity index (χ2n) is 4.60. The Morgan fingerprint density at radius 1 is 1.18 bits per heavy atom. The van der Waals surface area contributed by atoms with Crippen molar-refractivity contribution in [1.82, 2.24) is 0 Å². The lowest BCUT2D eigenvalue weighted by Gasteiger charge is -2.06. The quantitative estimate of drug-likeness (QED) is 0.888. The summed E-state index contributed by atoms with van der Waals surface area (Å²) in [6, 6.07) is 10.8. The number of benzene rings is 2. The minimum absolute atomic E-state index is 0.109. The molecule has 0 radical (unpaired) electrons. The molecule has 0 aromatic heterocycles. The summed E-state index contributed by atoms with van der Waals surface area (Å²) in [5, 5.41) is 12.3. The highest BCUT2D eigenvalue weighted by Gasteiger charge is 2.07. The number of rotatable bonds is 4. The number of hydrogen-bond acceptors (Lipinski definition) is 2. The van der Waals surface area contributed by atoms with E-state index in [-0.39, 0.29) is 17.9 Å². The standard InChI is InChI=1S/C16H11Cl2FN2O/c17-13-4-1-10(7-14(13)18)2-6-16(22)21-12-3-5-15(19)11(8-12)9-20/h1,3-5,7-8H,2,6H2,(H,21,22). The van der Waals surface area contributed by atoms with Gasteiger partial charge in [0.05, 0.1) is 15.6 Å². The van der Waals surface area contributed by atoms with Crippen LogP contribution in [0.2, 0.25) is 10.0 Å². The molecule has 2 rings (SSSR count). The Hall–Kier alpha value is -2.09. The summed E-state index contributed by atoms with van der Waals surface area (Å²) in [7, 11) is 0. The number of nitrogens with one attached hydrogen (secondary N) is 1. The number of carbonyl (C=O) groups excluding carboxylic acids is 1. The molecule has 0 saturated carbocycles. The van der Waals surface area contributed by atoms with Crippen LogP contribution in [0.25, 0.3) is 0 Å². The molecule has 112 valence electrons. The number of nitrogens with zero attached hydrogens (tertiary/aromatic N) is 1. The third-order valence-electron chi connectivity index (χ3n) is 3.00. The molecule has 0 unspecified atom stereocenters. The van der Waals surface area contributed by atoms with Gasteiger partial charge in [-0.25, -0.2) is 4.39 Å². The van der Waals surface area contributed by atoms with Gasteiger partial charge in [0.2, 0.25) is 5.91 Å². The van der Waals surface area contributed by atoms with Gasteiger partial charge in [0.1, 0.15) is 11.9 Å². The van der Waals surface area contributed by atoms with Crippen LogP contribution in [-0.4, -0.2) is 5.91 Å². The number of nitriles is 1. The molecule has 0 atom stereocenters. The smallest absolute Gasteiger partial charge is 0.224 e. The van der Waals surface area contributed by atoms with E-state index in [0.717, 1.165) is 11.6 Å². The fourth-order valence-electron chi connectivity index (χ4n) is 1.87. The van der Waals surface area contributed by atoms with Crippen molar-refractivity contribution in [1.29, 1.82) is 5.26 Å². The largest absolute Gasteiger partial charge is 0.326 e. The van der Waals surface area contributed by atoms with Crippen molar-refractivity contribution in [3.05, 3.63) is 63.4 Å². The Morgan fingerprint density at radius 2 is 1.95 bits per heavy atom. The molecule has 0 aliphatic carbocycles. The number of carbonyl (C=O) groups is 1. The Morgan fingerprint density at radius 3 is 2.64 bits per heavy atom. The maximum atomic E-state index is 13.2. The van der Waals surface area contributed by atoms with E-state index in [2.05, 4.69) is 5.32 Å². The molecule has 2 aromatic carbocycles. The summed E-state index contributed by atoms with van der Waals surface area (Å²) in [6.45, 7) is 0. The minimum atomic E-state index is -0.615. The summed E-state index contributed by atoms with van der Waals surface area (Å²) in [5.74, 6) is -0.849. The maximum absolute atomic E-state index is 13.2. The minimum Gasteiger partial charge on any atom is -0.326 e. The summed E-state index contributed by atoms with van der Waals surface area (Å²) in [4.78, 5) is 11.9. The van der Waals surface area contributed by atoms with E-state index < -0.39 is 5.82 Å². The molecule has 6 heteroatoms. The topological polar surface area (TPSA) is 52.9 Å². The number of hydrogen-bond donors (Lipinski definition) is 1. The van der Waals surface area contributed by atoms with E-state index in [1.165, 1.54) is 12.1 Å². The molecule has 0 aliphatic heterocycles. The van der Waals surface area contributed by atoms with E-state index in [1.54, 1.807) is 24.3 Å². The zero-order valence-electron chi connectivity index (χ0n) is 11.4. The SMILES string of the molecule is N#Cc1cc(NC(=O)CCc2ccc(Cl)c(Cl)c2)ccc1F. The average molecular weight is 337 g/mol. The third kappa shape index (κ3) is 4.20. The fraction of sp³-hybridized carbons (Fsp3) is 0.125. The molecular formula is C16H11Cl2FN2O. The van der Waals surface area contributed by atoms with E-state index in [1.807, 2.05) is 0 Å². The second-order valence-corrected chi connectivity index (χ2v) is 5.42. The van der Waals surface area contributed by atoms with Gasteiger partial charge in [0.15, 0.2) is 0 Å². The van der Waals surface area contributed by atoms with Crippen molar-refractivity contribution in [2.24, 2.45) is 0 Å². The van der Waals surface area contributed by atoms with Crippen LogP contribution in [-0.2, 0) is 11.2 Å². The predicted octanol–water partition coefficient (Wildman–Crippen LogP) is 4.58. The first-order valence-electron chi connectivity index (χ1n) is 6.43. The molecule has 3 nitrogen and oxygen atoms in total. The van der Waals surface area contributed by atoms with Crippen molar-refractivity contribution in [2.75, 3.05) is 5.32 Å². The van der Waals surface area contributed by atoms with E-state index >= 15 is 0 Å². The molecule has 1 N–H and O–H groups in total. The van der Waals surface area contributed by atoms with Crippen LogP contribution in [0.3, 0.4) is 0 Å². The van der Waals surface area contributed by atoms with Crippen LogP contribution >= 0.6 is 23.2 Å². The Kier molecular flexibility index (Phi) is 5.37. The first kappa shape index (κ1) is 16.3. The Labute approximate surface area is 137 Å². The lowest BCUT2D eigenvalue weighted by molar-refractivity contribution is -0.116. The number of amides is 1. The number of halogens is 3. The van der Waals surface area contributed by atoms with E-state index in [0.29, 0.717) is 22.2 Å². The van der Waals surface area contributed by atoms with Crippen molar-refractivity contribution in [2.45, 2.75) is 12.8 Å². The zero-order valence-corrected chi connectivity index (χ0v) is 12.9. The number of anilines is 1. The summed E-state index contributed by atoms with van der Waals surface area (Å²) in [5.41, 5.74) is 1.17. The van der Waals surface area contributed by atoms with Crippen molar-refractivity contribution in [3.63, 3.8) is 0 Å². The lowest BCUT2D eigenvalue weighted by Crippen LogP contribution is -2.12. The van der Waals surface area contributed by atoms with Crippen LogP contribution in [0.5, 0.6) is 0 Å². The highest BCUT2D eigenvalue weighted by atomic mass is 35.5. The van der Waals surface area contributed by atoms with Crippen LogP contribution < -0.4 is 5.32 Å². The van der Waals surface area contributed by atoms with Crippen LogP contribution in [0.4, 0.5) is 10.1 Å². The van der Waals surface area contributed by atoms with E-state index in [9.17, 15) is 9.18 Å². The highest BCUT2D eigenvalue weighted by Crippen LogP contribution is 2.23. The van der Waals surface area contributed by atoms with Crippen molar-refractivity contribution >= 4 is 34.8 Å².